The van der Waals surface area contributed by atoms with Gasteiger partial charge >= 0.3 is 0 Å². The zero-order valence-electron chi connectivity index (χ0n) is 17.3. The fourth-order valence-electron chi connectivity index (χ4n) is 3.15. The first-order chi connectivity index (χ1) is 14.2. The second kappa shape index (κ2) is 8.81. The molecular formula is C22H25N3O4S. The number of para-hydroxylation sites is 1. The van der Waals surface area contributed by atoms with Crippen LogP contribution in [0.1, 0.15) is 19.4 Å². The first-order valence-corrected chi connectivity index (χ1v) is 11.0. The van der Waals surface area contributed by atoms with Crippen molar-refractivity contribution in [2.24, 2.45) is 5.92 Å². The number of aromatic nitrogens is 1. The number of ether oxygens (including phenoxy) is 1. The molecule has 0 bridgehead atoms. The lowest BCUT2D eigenvalue weighted by Gasteiger charge is -2.22. The summed E-state index contributed by atoms with van der Waals surface area (Å²) < 4.78 is 34.1. The van der Waals surface area contributed by atoms with Crippen molar-refractivity contribution in [1.29, 1.82) is 0 Å². The van der Waals surface area contributed by atoms with Crippen LogP contribution in [0.2, 0.25) is 0 Å². The third-order valence-corrected chi connectivity index (χ3v) is 6.20. The van der Waals surface area contributed by atoms with Crippen molar-refractivity contribution in [3.05, 3.63) is 60.3 Å². The number of pyridine rings is 1. The molecule has 0 radical (unpaired) electrons. The normalized spacial score (nSPS) is 12.7. The lowest BCUT2D eigenvalue weighted by atomic mass is 10.0. The quantitative estimate of drug-likeness (QED) is 0.602. The number of hydrogen-bond acceptors (Lipinski definition) is 5. The largest absolute Gasteiger partial charge is 0.495 e. The Kier molecular flexibility index (Phi) is 6.38. The predicted octanol–water partition coefficient (Wildman–Crippen LogP) is 3.49. The number of anilines is 1. The number of rotatable bonds is 7. The molecule has 1 amide bonds. The predicted molar refractivity (Wildman–Crippen MR) is 117 cm³/mol. The Bertz CT molecular complexity index is 1170. The highest BCUT2D eigenvalue weighted by Crippen LogP contribution is 2.26. The molecule has 0 saturated heterocycles. The summed E-state index contributed by atoms with van der Waals surface area (Å²) in [5, 5.41) is 3.49. The maximum absolute atomic E-state index is 13.1. The molecule has 1 aromatic heterocycles. The van der Waals surface area contributed by atoms with Crippen LogP contribution in [0.5, 0.6) is 5.75 Å². The van der Waals surface area contributed by atoms with Gasteiger partial charge in [0, 0.05) is 11.6 Å². The minimum atomic E-state index is -4.00. The number of nitrogens with zero attached hydrogens (tertiary/aromatic N) is 1. The van der Waals surface area contributed by atoms with E-state index in [2.05, 4.69) is 15.0 Å². The zero-order valence-corrected chi connectivity index (χ0v) is 18.2. The van der Waals surface area contributed by atoms with Crippen LogP contribution in [0.15, 0.2) is 59.6 Å². The third kappa shape index (κ3) is 4.60. The number of benzene rings is 2. The minimum absolute atomic E-state index is 0.0344. The second-order valence-corrected chi connectivity index (χ2v) is 9.05. The van der Waals surface area contributed by atoms with Gasteiger partial charge in [-0.25, -0.2) is 8.42 Å². The Morgan fingerprint density at radius 2 is 1.83 bits per heavy atom. The van der Waals surface area contributed by atoms with Gasteiger partial charge < -0.3 is 10.1 Å². The first-order valence-electron chi connectivity index (χ1n) is 9.54. The molecule has 1 unspecified atom stereocenters. The van der Waals surface area contributed by atoms with Gasteiger partial charge in [0.05, 0.1) is 18.3 Å². The number of carbonyl (C=O) groups is 1. The van der Waals surface area contributed by atoms with Crippen LogP contribution in [0.25, 0.3) is 10.9 Å². The molecule has 1 atom stereocenters. The Hall–Kier alpha value is -2.97. The summed E-state index contributed by atoms with van der Waals surface area (Å²) in [6, 6.07) is 12.9. The van der Waals surface area contributed by atoms with Gasteiger partial charge in [0.2, 0.25) is 15.9 Å². The molecule has 1 heterocycles. The van der Waals surface area contributed by atoms with E-state index in [1.807, 2.05) is 13.0 Å². The van der Waals surface area contributed by atoms with Crippen LogP contribution >= 0.6 is 0 Å². The third-order valence-electron chi connectivity index (χ3n) is 4.73. The van der Waals surface area contributed by atoms with Gasteiger partial charge in [0.1, 0.15) is 16.7 Å². The van der Waals surface area contributed by atoms with E-state index in [1.165, 1.54) is 19.4 Å². The molecule has 3 rings (SSSR count). The molecule has 0 fully saturated rings. The summed E-state index contributed by atoms with van der Waals surface area (Å²) in [4.78, 5) is 17.2. The highest BCUT2D eigenvalue weighted by Gasteiger charge is 2.30. The Morgan fingerprint density at radius 1 is 1.10 bits per heavy atom. The zero-order chi connectivity index (χ0) is 21.9. The van der Waals surface area contributed by atoms with Crippen LogP contribution in [0.3, 0.4) is 0 Å². The molecule has 0 aliphatic rings. The van der Waals surface area contributed by atoms with E-state index in [0.717, 1.165) is 5.56 Å². The number of sulfonamides is 1. The second-order valence-electron chi connectivity index (χ2n) is 7.37. The van der Waals surface area contributed by atoms with Gasteiger partial charge in [-0.2, -0.15) is 4.72 Å². The van der Waals surface area contributed by atoms with Gasteiger partial charge in [0.15, 0.2) is 0 Å². The number of methoxy groups -OCH3 is 1. The summed E-state index contributed by atoms with van der Waals surface area (Å²) in [6.45, 7) is 5.45. The van der Waals surface area contributed by atoms with Gasteiger partial charge in [-0.3, -0.25) is 9.78 Å². The van der Waals surface area contributed by atoms with E-state index >= 15 is 0 Å². The number of carbonyl (C=O) groups excluding carboxylic acids is 1. The minimum Gasteiger partial charge on any atom is -0.495 e. The molecule has 7 nitrogen and oxygen atoms in total. The lowest BCUT2D eigenvalue weighted by Crippen LogP contribution is -2.47. The first kappa shape index (κ1) is 21.7. The lowest BCUT2D eigenvalue weighted by molar-refractivity contribution is -0.118. The monoisotopic (exact) mass is 427 g/mol. The van der Waals surface area contributed by atoms with Crippen molar-refractivity contribution in [3.63, 3.8) is 0 Å². The van der Waals surface area contributed by atoms with Crippen molar-refractivity contribution < 1.29 is 17.9 Å². The molecule has 2 aromatic carbocycles. The highest BCUT2D eigenvalue weighted by molar-refractivity contribution is 7.89. The Morgan fingerprint density at radius 3 is 2.53 bits per heavy atom. The van der Waals surface area contributed by atoms with Crippen LogP contribution in [-0.4, -0.2) is 32.5 Å². The average molecular weight is 428 g/mol. The van der Waals surface area contributed by atoms with E-state index in [4.69, 9.17) is 4.74 Å². The van der Waals surface area contributed by atoms with E-state index in [9.17, 15) is 13.2 Å². The molecule has 0 aliphatic heterocycles. The van der Waals surface area contributed by atoms with Crippen molar-refractivity contribution in [2.45, 2.75) is 31.7 Å². The topological polar surface area (TPSA) is 97.4 Å². The summed E-state index contributed by atoms with van der Waals surface area (Å²) >= 11 is 0. The van der Waals surface area contributed by atoms with E-state index < -0.39 is 22.0 Å². The summed E-state index contributed by atoms with van der Waals surface area (Å²) in [7, 11) is -2.49. The van der Waals surface area contributed by atoms with Crippen molar-refractivity contribution in [1.82, 2.24) is 9.71 Å². The number of amides is 1. The SMILES string of the molecule is COc1ccc(C)cc1NC(=O)C(NS(=O)(=O)c1cccc2cccnc12)C(C)C. The smallest absolute Gasteiger partial charge is 0.243 e. The van der Waals surface area contributed by atoms with Gasteiger partial charge in [-0.05, 0) is 42.7 Å². The number of fused-ring (bicyclic) bond motifs is 1. The van der Waals surface area contributed by atoms with E-state index in [0.29, 0.717) is 22.3 Å². The maximum atomic E-state index is 13.1. The van der Waals surface area contributed by atoms with Crippen LogP contribution in [0, 0.1) is 12.8 Å². The molecular weight excluding hydrogens is 402 g/mol. The fraction of sp³-hybridized carbons (Fsp3) is 0.273. The van der Waals surface area contributed by atoms with Crippen molar-refractivity contribution in [3.8, 4) is 5.75 Å². The summed E-state index contributed by atoms with van der Waals surface area (Å²) in [5.41, 5.74) is 1.78. The Balaban J connectivity index is 1.91. The van der Waals surface area contributed by atoms with Crippen molar-refractivity contribution >= 4 is 32.5 Å². The number of hydrogen-bond donors (Lipinski definition) is 2. The molecule has 3 aromatic rings. The molecule has 8 heteroatoms. The van der Waals surface area contributed by atoms with Gasteiger partial charge in [-0.1, -0.05) is 38.1 Å². The van der Waals surface area contributed by atoms with Crippen molar-refractivity contribution in [2.75, 3.05) is 12.4 Å². The molecule has 30 heavy (non-hydrogen) atoms. The number of aryl methyl sites for hydroxylation is 1. The number of nitrogens with one attached hydrogen (secondary N) is 2. The molecule has 0 spiro atoms. The molecule has 158 valence electrons. The maximum Gasteiger partial charge on any atom is 0.243 e. The molecule has 2 N–H and O–H groups in total. The average Bonchev–Trinajstić information content (AvgIpc) is 2.71. The van der Waals surface area contributed by atoms with Crippen LogP contribution in [-0.2, 0) is 14.8 Å². The standard InChI is InChI=1S/C22H25N3O4S/c1-14(2)20(22(26)24-17-13-15(3)10-11-18(17)29-4)25-30(27,28)19-9-5-7-16-8-6-12-23-21(16)19/h5-14,20,25H,1-4H3,(H,24,26). The molecule has 0 saturated carbocycles. The van der Waals surface area contributed by atoms with E-state index in [1.54, 1.807) is 50.2 Å². The Labute approximate surface area is 176 Å². The molecule has 0 aliphatic carbocycles. The van der Waals surface area contributed by atoms with Crippen LogP contribution < -0.4 is 14.8 Å². The summed E-state index contributed by atoms with van der Waals surface area (Å²) in [6.07, 6.45) is 1.54. The van der Waals surface area contributed by atoms with Crippen LogP contribution in [0.4, 0.5) is 5.69 Å². The van der Waals surface area contributed by atoms with Gasteiger partial charge in [-0.15, -0.1) is 0 Å². The van der Waals surface area contributed by atoms with E-state index in [-0.39, 0.29) is 10.8 Å². The fourth-order valence-corrected chi connectivity index (χ4v) is 4.67. The summed E-state index contributed by atoms with van der Waals surface area (Å²) in [5.74, 6) is -0.262. The van der Waals surface area contributed by atoms with Gasteiger partial charge in [0.25, 0.3) is 0 Å². The highest BCUT2D eigenvalue weighted by atomic mass is 32.2.